The maximum absolute atomic E-state index is 12.6. The molecule has 0 bridgehead atoms. The number of hydrogen-bond donors (Lipinski definition) is 1. The average Bonchev–Trinajstić information content (AvgIpc) is 3.23. The number of nitrogens with one attached hydrogen (secondary N) is 1. The number of ether oxygens (including phenoxy) is 1. The third kappa shape index (κ3) is 3.43. The third-order valence-corrected chi connectivity index (χ3v) is 5.60. The molecule has 1 N–H and O–H groups in total. The van der Waals surface area contributed by atoms with Crippen molar-refractivity contribution in [1.29, 1.82) is 0 Å². The number of nitrogens with zero attached hydrogens (tertiary/aromatic N) is 3. The Morgan fingerprint density at radius 2 is 2.39 bits per heavy atom. The summed E-state index contributed by atoms with van der Waals surface area (Å²) in [5.41, 5.74) is 1.41. The van der Waals surface area contributed by atoms with Crippen LogP contribution in [0.25, 0.3) is 0 Å². The Bertz CT molecular complexity index is 544. The molecule has 3 rings (SSSR count). The van der Waals surface area contributed by atoms with Gasteiger partial charge in [-0.1, -0.05) is 6.42 Å². The number of carbonyl (C=O) groups is 1. The van der Waals surface area contributed by atoms with Crippen LogP contribution >= 0.6 is 0 Å². The smallest absolute Gasteiger partial charge is 0.223 e. The lowest BCUT2D eigenvalue weighted by Crippen LogP contribution is -2.41. The highest BCUT2D eigenvalue weighted by molar-refractivity contribution is 5.80. The molecule has 1 aliphatic carbocycles. The van der Waals surface area contributed by atoms with Gasteiger partial charge in [0.2, 0.25) is 5.91 Å². The summed E-state index contributed by atoms with van der Waals surface area (Å²) in [4.78, 5) is 19.2. The van der Waals surface area contributed by atoms with E-state index in [1.165, 1.54) is 18.5 Å². The molecule has 1 saturated heterocycles. The molecular formula is C17H28N4O2. The van der Waals surface area contributed by atoms with E-state index in [9.17, 15) is 4.79 Å². The lowest BCUT2D eigenvalue weighted by molar-refractivity contribution is -0.128. The molecule has 6 nitrogen and oxygen atoms in total. The highest BCUT2D eigenvalue weighted by atomic mass is 16.5. The molecule has 23 heavy (non-hydrogen) atoms. The summed E-state index contributed by atoms with van der Waals surface area (Å²) in [6.07, 6.45) is 8.29. The molecule has 1 aliphatic heterocycles. The van der Waals surface area contributed by atoms with E-state index >= 15 is 0 Å². The highest BCUT2D eigenvalue weighted by Crippen LogP contribution is 2.50. The van der Waals surface area contributed by atoms with Crippen LogP contribution in [0, 0.1) is 11.3 Å². The van der Waals surface area contributed by atoms with Crippen molar-refractivity contribution in [1.82, 2.24) is 19.8 Å². The van der Waals surface area contributed by atoms with Crippen LogP contribution in [0.3, 0.4) is 0 Å². The van der Waals surface area contributed by atoms with Gasteiger partial charge in [-0.3, -0.25) is 9.69 Å². The monoisotopic (exact) mass is 320 g/mol. The highest BCUT2D eigenvalue weighted by Gasteiger charge is 2.50. The first kappa shape index (κ1) is 16.5. The molecule has 0 aromatic carbocycles. The molecule has 1 saturated carbocycles. The van der Waals surface area contributed by atoms with Crippen LogP contribution in [0.1, 0.15) is 31.4 Å². The molecular weight excluding hydrogens is 292 g/mol. The Balaban J connectivity index is 1.60. The number of aryl methyl sites for hydroxylation is 1. The van der Waals surface area contributed by atoms with Crippen molar-refractivity contribution in [2.45, 2.75) is 32.2 Å². The summed E-state index contributed by atoms with van der Waals surface area (Å²) < 4.78 is 7.11. The number of imidazole rings is 1. The lowest BCUT2D eigenvalue weighted by Gasteiger charge is -2.30. The summed E-state index contributed by atoms with van der Waals surface area (Å²) in [7, 11) is 3.70. The van der Waals surface area contributed by atoms with Crippen molar-refractivity contribution < 1.29 is 9.53 Å². The molecule has 0 radical (unpaired) electrons. The Hall–Kier alpha value is -1.40. The van der Waals surface area contributed by atoms with E-state index in [4.69, 9.17) is 4.74 Å². The zero-order valence-corrected chi connectivity index (χ0v) is 14.3. The van der Waals surface area contributed by atoms with Gasteiger partial charge in [0.15, 0.2) is 0 Å². The number of likely N-dealkylation sites (tertiary alicyclic amines) is 1. The molecule has 1 aromatic rings. The quantitative estimate of drug-likeness (QED) is 0.800. The maximum Gasteiger partial charge on any atom is 0.223 e. The summed E-state index contributed by atoms with van der Waals surface area (Å²) in [6.45, 7) is 4.22. The van der Waals surface area contributed by atoms with E-state index in [2.05, 4.69) is 19.8 Å². The van der Waals surface area contributed by atoms with Crippen LogP contribution < -0.4 is 5.32 Å². The molecule has 2 heterocycles. The number of carbonyl (C=O) groups excluding carboxylic acids is 1. The first-order chi connectivity index (χ1) is 11.1. The second-order valence-corrected chi connectivity index (χ2v) is 7.05. The predicted octanol–water partition coefficient (Wildman–Crippen LogP) is 1.17. The van der Waals surface area contributed by atoms with Crippen LogP contribution in [0.4, 0.5) is 0 Å². The van der Waals surface area contributed by atoms with E-state index in [0.717, 1.165) is 32.5 Å². The second kappa shape index (κ2) is 7.01. The van der Waals surface area contributed by atoms with Gasteiger partial charge in [-0.05, 0) is 31.2 Å². The standard InChI is InChI=1S/C17H28N4O2/c1-20-13-18-10-14(20)11-21-8-6-17(12-21)5-3-4-15(17)16(22)19-7-9-23-2/h10,13,15H,3-9,11-12H2,1-2H3,(H,19,22)/t15-,17-/m1/s1. The Morgan fingerprint density at radius 3 is 3.13 bits per heavy atom. The summed E-state index contributed by atoms with van der Waals surface area (Å²) in [5.74, 6) is 0.387. The zero-order chi connectivity index (χ0) is 16.3. The fourth-order valence-corrected chi connectivity index (χ4v) is 4.32. The van der Waals surface area contributed by atoms with Gasteiger partial charge >= 0.3 is 0 Å². The minimum Gasteiger partial charge on any atom is -0.383 e. The fraction of sp³-hybridized carbons (Fsp3) is 0.765. The number of aromatic nitrogens is 2. The molecule has 6 heteroatoms. The van der Waals surface area contributed by atoms with Gasteiger partial charge < -0.3 is 14.6 Å². The minimum atomic E-state index is 0.163. The molecule has 2 aliphatic rings. The van der Waals surface area contributed by atoms with Crippen molar-refractivity contribution in [3.8, 4) is 0 Å². The van der Waals surface area contributed by atoms with Crippen LogP contribution in [0.15, 0.2) is 12.5 Å². The van der Waals surface area contributed by atoms with Crippen LogP contribution in [0.2, 0.25) is 0 Å². The van der Waals surface area contributed by atoms with Gasteiger partial charge in [0.1, 0.15) is 0 Å². The van der Waals surface area contributed by atoms with Crippen molar-refractivity contribution >= 4 is 5.91 Å². The number of rotatable bonds is 6. The Labute approximate surface area is 138 Å². The van der Waals surface area contributed by atoms with Crippen molar-refractivity contribution in [2.24, 2.45) is 18.4 Å². The topological polar surface area (TPSA) is 59.4 Å². The molecule has 128 valence electrons. The Morgan fingerprint density at radius 1 is 1.52 bits per heavy atom. The lowest BCUT2D eigenvalue weighted by atomic mass is 9.76. The predicted molar refractivity (Wildman–Crippen MR) is 87.8 cm³/mol. The largest absolute Gasteiger partial charge is 0.383 e. The fourth-order valence-electron chi connectivity index (χ4n) is 4.32. The zero-order valence-electron chi connectivity index (χ0n) is 14.3. The van der Waals surface area contributed by atoms with Crippen LogP contribution in [-0.4, -0.2) is 53.7 Å². The van der Waals surface area contributed by atoms with Gasteiger partial charge in [0.25, 0.3) is 0 Å². The average molecular weight is 320 g/mol. The first-order valence-electron chi connectivity index (χ1n) is 8.59. The number of amides is 1. The minimum absolute atomic E-state index is 0.163. The summed E-state index contributed by atoms with van der Waals surface area (Å²) in [5, 5.41) is 3.05. The number of hydrogen-bond acceptors (Lipinski definition) is 4. The van der Waals surface area contributed by atoms with Gasteiger partial charge in [-0.25, -0.2) is 4.98 Å². The second-order valence-electron chi connectivity index (χ2n) is 7.05. The summed E-state index contributed by atoms with van der Waals surface area (Å²) >= 11 is 0. The SMILES string of the molecule is COCCNC(=O)[C@H]1CCC[C@]12CCN(Cc1cncn1C)C2. The molecule has 1 amide bonds. The van der Waals surface area contributed by atoms with E-state index < -0.39 is 0 Å². The van der Waals surface area contributed by atoms with Crippen LogP contribution in [0.5, 0.6) is 0 Å². The third-order valence-electron chi connectivity index (χ3n) is 5.60. The van der Waals surface area contributed by atoms with Gasteiger partial charge in [0.05, 0.1) is 18.6 Å². The van der Waals surface area contributed by atoms with E-state index in [1.54, 1.807) is 7.11 Å². The summed E-state index contributed by atoms with van der Waals surface area (Å²) in [6, 6.07) is 0. The van der Waals surface area contributed by atoms with Crippen LogP contribution in [-0.2, 0) is 23.1 Å². The van der Waals surface area contributed by atoms with E-state index in [-0.39, 0.29) is 17.2 Å². The number of methoxy groups -OCH3 is 1. The molecule has 2 fully saturated rings. The van der Waals surface area contributed by atoms with E-state index in [1.807, 2.05) is 19.6 Å². The first-order valence-corrected chi connectivity index (χ1v) is 8.59. The normalized spacial score (nSPS) is 27.8. The van der Waals surface area contributed by atoms with Crippen molar-refractivity contribution in [3.63, 3.8) is 0 Å². The van der Waals surface area contributed by atoms with Crippen molar-refractivity contribution in [2.75, 3.05) is 33.4 Å². The molecule has 2 atom stereocenters. The van der Waals surface area contributed by atoms with Gasteiger partial charge in [-0.2, -0.15) is 0 Å². The molecule has 1 aromatic heterocycles. The van der Waals surface area contributed by atoms with Gasteiger partial charge in [0, 0.05) is 45.9 Å². The Kier molecular flexibility index (Phi) is 5.02. The maximum atomic E-state index is 12.6. The van der Waals surface area contributed by atoms with E-state index in [0.29, 0.717) is 13.2 Å². The van der Waals surface area contributed by atoms with Gasteiger partial charge in [-0.15, -0.1) is 0 Å². The van der Waals surface area contributed by atoms with Crippen molar-refractivity contribution in [3.05, 3.63) is 18.2 Å². The molecule has 0 unspecified atom stereocenters. The molecule has 1 spiro atoms.